The van der Waals surface area contributed by atoms with E-state index < -0.39 is 23.0 Å². The molecule has 1 aliphatic rings. The Morgan fingerprint density at radius 1 is 1.12 bits per heavy atom. The summed E-state index contributed by atoms with van der Waals surface area (Å²) < 4.78 is 31.9. The Balaban J connectivity index is 1.82. The fraction of sp³-hybridized carbons (Fsp3) is 0.310. The molecule has 0 saturated carbocycles. The number of carbonyl (C=O) groups is 1. The summed E-state index contributed by atoms with van der Waals surface area (Å²) >= 11 is 0. The number of piperazine rings is 1. The van der Waals surface area contributed by atoms with Crippen LogP contribution in [0.4, 0.5) is 20.4 Å². The first-order chi connectivity index (χ1) is 19.5. The van der Waals surface area contributed by atoms with Crippen LogP contribution in [-0.2, 0) is 4.79 Å². The lowest BCUT2D eigenvalue weighted by Gasteiger charge is -2.40. The SMILES string of the molecule is C=CC(=O)N1CCN(c2nc(=O)n(-c3c(C)ccnc3C(C)C)c3nc(-c4nc(N)ccc4F)c(F)cc23)[C@@H](C)C1. The normalized spacial score (nSPS) is 15.5. The van der Waals surface area contributed by atoms with Crippen LogP contribution in [-0.4, -0.2) is 61.0 Å². The molecule has 212 valence electrons. The maximum Gasteiger partial charge on any atom is 0.355 e. The molecule has 4 aromatic rings. The van der Waals surface area contributed by atoms with Gasteiger partial charge in [-0.25, -0.2) is 28.1 Å². The number of halogens is 2. The van der Waals surface area contributed by atoms with Gasteiger partial charge in [-0.2, -0.15) is 4.98 Å². The Hall–Kier alpha value is -4.74. The summed E-state index contributed by atoms with van der Waals surface area (Å²) in [5, 5.41) is 0.239. The summed E-state index contributed by atoms with van der Waals surface area (Å²) in [6, 6.07) is 5.04. The van der Waals surface area contributed by atoms with E-state index in [0.717, 1.165) is 11.6 Å². The van der Waals surface area contributed by atoms with Crippen LogP contribution in [0.5, 0.6) is 0 Å². The first-order valence-corrected chi connectivity index (χ1v) is 13.2. The molecule has 5 heterocycles. The van der Waals surface area contributed by atoms with Crippen molar-refractivity contribution in [2.24, 2.45) is 0 Å². The van der Waals surface area contributed by atoms with Crippen molar-refractivity contribution in [1.82, 2.24) is 29.4 Å². The smallest absolute Gasteiger partial charge is 0.355 e. The molecule has 5 rings (SSSR count). The maximum absolute atomic E-state index is 15.8. The highest BCUT2D eigenvalue weighted by Gasteiger charge is 2.31. The molecule has 0 aliphatic carbocycles. The predicted octanol–water partition coefficient (Wildman–Crippen LogP) is 3.75. The van der Waals surface area contributed by atoms with Crippen LogP contribution in [0, 0.1) is 18.6 Å². The van der Waals surface area contributed by atoms with Gasteiger partial charge in [0.15, 0.2) is 17.3 Å². The van der Waals surface area contributed by atoms with E-state index in [1.54, 1.807) is 17.2 Å². The van der Waals surface area contributed by atoms with Crippen LogP contribution < -0.4 is 16.3 Å². The Bertz CT molecular complexity index is 1750. The van der Waals surface area contributed by atoms with E-state index in [2.05, 4.69) is 26.5 Å². The highest BCUT2D eigenvalue weighted by atomic mass is 19.1. The third-order valence-electron chi connectivity index (χ3n) is 7.20. The number of aromatic nitrogens is 5. The molecule has 0 bridgehead atoms. The summed E-state index contributed by atoms with van der Waals surface area (Å²) in [5.41, 5.74) is 6.24. The van der Waals surface area contributed by atoms with Crippen LogP contribution in [0.3, 0.4) is 0 Å². The van der Waals surface area contributed by atoms with Crippen molar-refractivity contribution in [3.63, 3.8) is 0 Å². The zero-order chi connectivity index (χ0) is 29.6. The average molecular weight is 561 g/mol. The van der Waals surface area contributed by atoms with E-state index in [0.29, 0.717) is 31.0 Å². The molecule has 1 aliphatic heterocycles. The molecule has 0 spiro atoms. The monoisotopic (exact) mass is 560 g/mol. The third-order valence-corrected chi connectivity index (χ3v) is 7.20. The van der Waals surface area contributed by atoms with E-state index in [1.165, 1.54) is 22.8 Å². The zero-order valence-electron chi connectivity index (χ0n) is 23.2. The van der Waals surface area contributed by atoms with Gasteiger partial charge >= 0.3 is 5.69 Å². The number of rotatable bonds is 5. The van der Waals surface area contributed by atoms with Crippen molar-refractivity contribution in [3.8, 4) is 17.1 Å². The van der Waals surface area contributed by atoms with E-state index in [1.807, 2.05) is 32.6 Å². The van der Waals surface area contributed by atoms with Gasteiger partial charge in [0, 0.05) is 31.9 Å². The van der Waals surface area contributed by atoms with Gasteiger partial charge in [0.1, 0.15) is 23.0 Å². The van der Waals surface area contributed by atoms with Crippen molar-refractivity contribution in [2.75, 3.05) is 30.3 Å². The third kappa shape index (κ3) is 4.90. The number of aryl methyl sites for hydroxylation is 1. The summed E-state index contributed by atoms with van der Waals surface area (Å²) in [6.07, 6.45) is 2.91. The fourth-order valence-corrected chi connectivity index (χ4v) is 5.20. The lowest BCUT2D eigenvalue weighted by molar-refractivity contribution is -0.126. The molecule has 1 amide bonds. The Morgan fingerprint density at radius 3 is 2.54 bits per heavy atom. The van der Waals surface area contributed by atoms with Crippen LogP contribution in [0.1, 0.15) is 37.9 Å². The number of nitrogens with two attached hydrogens (primary N) is 1. The number of hydrogen-bond acceptors (Lipinski definition) is 8. The molecule has 0 radical (unpaired) electrons. The zero-order valence-corrected chi connectivity index (χ0v) is 23.2. The van der Waals surface area contributed by atoms with E-state index in [4.69, 9.17) is 5.73 Å². The van der Waals surface area contributed by atoms with Gasteiger partial charge in [0.25, 0.3) is 0 Å². The Morgan fingerprint density at radius 2 is 1.85 bits per heavy atom. The topological polar surface area (TPSA) is 123 Å². The minimum absolute atomic E-state index is 0.0125. The van der Waals surface area contributed by atoms with Crippen molar-refractivity contribution in [1.29, 1.82) is 0 Å². The second-order valence-electron chi connectivity index (χ2n) is 10.4. The van der Waals surface area contributed by atoms with Crippen molar-refractivity contribution < 1.29 is 13.6 Å². The number of anilines is 2. The van der Waals surface area contributed by atoms with Gasteiger partial charge < -0.3 is 15.5 Å². The number of amides is 1. The summed E-state index contributed by atoms with van der Waals surface area (Å²) in [7, 11) is 0. The quantitative estimate of drug-likeness (QED) is 0.366. The van der Waals surface area contributed by atoms with Crippen LogP contribution in [0.25, 0.3) is 28.1 Å². The van der Waals surface area contributed by atoms with Crippen LogP contribution in [0.15, 0.2) is 47.9 Å². The molecule has 1 atom stereocenters. The first-order valence-electron chi connectivity index (χ1n) is 13.2. The molecular weight excluding hydrogens is 530 g/mol. The van der Waals surface area contributed by atoms with E-state index in [-0.39, 0.29) is 46.2 Å². The first kappa shape index (κ1) is 27.8. The number of fused-ring (bicyclic) bond motifs is 1. The maximum atomic E-state index is 15.8. The number of nitrogen functional groups attached to an aromatic ring is 1. The second kappa shape index (κ2) is 10.7. The molecule has 0 aromatic carbocycles. The Labute approximate surface area is 235 Å². The highest BCUT2D eigenvalue weighted by molar-refractivity contribution is 5.91. The van der Waals surface area contributed by atoms with Crippen molar-refractivity contribution >= 4 is 28.6 Å². The molecule has 4 aromatic heterocycles. The molecule has 1 fully saturated rings. The summed E-state index contributed by atoms with van der Waals surface area (Å²) in [6.45, 7) is 12.2. The Kier molecular flexibility index (Phi) is 7.24. The standard InChI is InChI=1S/C29H30F2N8O2/c1-6-22(40)37-11-12-38(17(5)14-37)27-18-13-20(31)25(24-19(30)7-8-21(32)34-24)35-28(18)39(29(41)36-27)26-16(4)9-10-33-23(26)15(2)3/h6-10,13,15,17H,1,11-12,14H2,2-5H3,(H2,32,34)/t17-/m0/s1. The molecule has 10 nitrogen and oxygen atoms in total. The number of nitrogens with zero attached hydrogens (tertiary/aromatic N) is 7. The highest BCUT2D eigenvalue weighted by Crippen LogP contribution is 2.33. The number of hydrogen-bond donors (Lipinski definition) is 1. The largest absolute Gasteiger partial charge is 0.384 e. The van der Waals surface area contributed by atoms with Gasteiger partial charge in [-0.05, 0) is 55.7 Å². The molecular formula is C29H30F2N8O2. The van der Waals surface area contributed by atoms with Gasteiger partial charge in [-0.15, -0.1) is 0 Å². The van der Waals surface area contributed by atoms with Gasteiger partial charge in [0.05, 0.1) is 16.8 Å². The van der Waals surface area contributed by atoms with Gasteiger partial charge in [-0.3, -0.25) is 9.78 Å². The predicted molar refractivity (Wildman–Crippen MR) is 153 cm³/mol. The van der Waals surface area contributed by atoms with Crippen LogP contribution >= 0.6 is 0 Å². The fourth-order valence-electron chi connectivity index (χ4n) is 5.20. The minimum atomic E-state index is -0.858. The van der Waals surface area contributed by atoms with Gasteiger partial charge in [-0.1, -0.05) is 20.4 Å². The van der Waals surface area contributed by atoms with E-state index >= 15 is 4.39 Å². The average Bonchev–Trinajstić information content (AvgIpc) is 2.94. The second-order valence-corrected chi connectivity index (χ2v) is 10.4. The molecule has 0 unspecified atom stereocenters. The summed E-state index contributed by atoms with van der Waals surface area (Å²) in [4.78, 5) is 47.0. The lowest BCUT2D eigenvalue weighted by atomic mass is 10.0. The minimum Gasteiger partial charge on any atom is -0.384 e. The van der Waals surface area contributed by atoms with Gasteiger partial charge in [0.2, 0.25) is 5.91 Å². The molecule has 12 heteroatoms. The number of carbonyl (C=O) groups excluding carboxylic acids is 1. The summed E-state index contributed by atoms with van der Waals surface area (Å²) in [5.74, 6) is -1.75. The van der Waals surface area contributed by atoms with Crippen LogP contribution in [0.2, 0.25) is 0 Å². The van der Waals surface area contributed by atoms with Crippen molar-refractivity contribution in [2.45, 2.75) is 39.7 Å². The molecule has 1 saturated heterocycles. The van der Waals surface area contributed by atoms with Crippen molar-refractivity contribution in [3.05, 3.63) is 76.5 Å². The molecule has 2 N–H and O–H groups in total. The van der Waals surface area contributed by atoms with E-state index in [9.17, 15) is 14.0 Å². The lowest BCUT2D eigenvalue weighted by Crippen LogP contribution is -2.54. The number of pyridine rings is 3. The molecule has 41 heavy (non-hydrogen) atoms.